The van der Waals surface area contributed by atoms with Gasteiger partial charge in [0.25, 0.3) is 5.91 Å². The lowest BCUT2D eigenvalue weighted by Gasteiger charge is -2.09. The number of benzene rings is 3. The molecular weight excluding hydrogens is 344 g/mol. The van der Waals surface area contributed by atoms with Crippen molar-refractivity contribution in [2.45, 2.75) is 6.42 Å². The Kier molecular flexibility index (Phi) is 5.43. The van der Waals surface area contributed by atoms with E-state index in [1.807, 2.05) is 60.7 Å². The molecule has 0 saturated carbocycles. The van der Waals surface area contributed by atoms with Crippen LogP contribution in [0.25, 0.3) is 5.57 Å². The molecule has 3 nitrogen and oxygen atoms in total. The van der Waals surface area contributed by atoms with Crippen LogP contribution < -0.4 is 5.32 Å². The van der Waals surface area contributed by atoms with E-state index >= 15 is 0 Å². The largest absolute Gasteiger partial charge is 0.352 e. The first-order valence-corrected chi connectivity index (χ1v) is 9.53. The quantitative estimate of drug-likeness (QED) is 0.683. The molecule has 4 rings (SSSR count). The highest BCUT2D eigenvalue weighted by atomic mass is 16.1. The Hall–Kier alpha value is -3.46. The third-order valence-electron chi connectivity index (χ3n) is 4.86. The molecule has 0 spiro atoms. The van der Waals surface area contributed by atoms with Crippen LogP contribution in [0.4, 0.5) is 0 Å². The monoisotopic (exact) mass is 366 g/mol. The number of aliphatic imine (C=N–C) groups is 1. The van der Waals surface area contributed by atoms with E-state index < -0.39 is 0 Å². The molecule has 0 bridgehead atoms. The lowest BCUT2D eigenvalue weighted by atomic mass is 10.00. The SMILES string of the molecule is O=C(NCCc1ccccc1)c1ccccc1C1=NCC(c2ccccc2)=C1. The highest BCUT2D eigenvalue weighted by Crippen LogP contribution is 2.23. The van der Waals surface area contributed by atoms with Crippen molar-refractivity contribution in [2.24, 2.45) is 4.99 Å². The fourth-order valence-electron chi connectivity index (χ4n) is 3.38. The van der Waals surface area contributed by atoms with Crippen LogP contribution in [0.3, 0.4) is 0 Å². The van der Waals surface area contributed by atoms with Crippen LogP contribution in [0.15, 0.2) is 96.0 Å². The Bertz CT molecular complexity index is 1020. The summed E-state index contributed by atoms with van der Waals surface area (Å²) in [7, 11) is 0. The van der Waals surface area contributed by atoms with E-state index in [0.29, 0.717) is 18.7 Å². The second-order valence-electron chi connectivity index (χ2n) is 6.77. The summed E-state index contributed by atoms with van der Waals surface area (Å²) < 4.78 is 0. The summed E-state index contributed by atoms with van der Waals surface area (Å²) in [6.45, 7) is 1.25. The van der Waals surface area contributed by atoms with Gasteiger partial charge in [0.1, 0.15) is 0 Å². The second-order valence-corrected chi connectivity index (χ2v) is 6.77. The van der Waals surface area contributed by atoms with Gasteiger partial charge in [-0.1, -0.05) is 78.9 Å². The van der Waals surface area contributed by atoms with Crippen LogP contribution in [-0.4, -0.2) is 24.7 Å². The minimum atomic E-state index is -0.0595. The summed E-state index contributed by atoms with van der Waals surface area (Å²) in [5.74, 6) is -0.0595. The van der Waals surface area contributed by atoms with Gasteiger partial charge in [-0.05, 0) is 35.3 Å². The molecule has 0 aliphatic carbocycles. The Morgan fingerprint density at radius 3 is 2.32 bits per heavy atom. The minimum Gasteiger partial charge on any atom is -0.352 e. The molecule has 0 fully saturated rings. The molecule has 0 atom stereocenters. The molecule has 0 unspecified atom stereocenters. The minimum absolute atomic E-state index is 0.0595. The van der Waals surface area contributed by atoms with Gasteiger partial charge in [-0.3, -0.25) is 9.79 Å². The smallest absolute Gasteiger partial charge is 0.251 e. The van der Waals surface area contributed by atoms with Crippen LogP contribution in [0.2, 0.25) is 0 Å². The van der Waals surface area contributed by atoms with Gasteiger partial charge in [0, 0.05) is 17.7 Å². The number of hydrogen-bond acceptors (Lipinski definition) is 2. The van der Waals surface area contributed by atoms with E-state index in [1.165, 1.54) is 16.7 Å². The van der Waals surface area contributed by atoms with Crippen molar-refractivity contribution in [3.05, 3.63) is 113 Å². The highest BCUT2D eigenvalue weighted by molar-refractivity contribution is 6.19. The van der Waals surface area contributed by atoms with Crippen molar-refractivity contribution in [3.8, 4) is 0 Å². The summed E-state index contributed by atoms with van der Waals surface area (Å²) >= 11 is 0. The Balaban J connectivity index is 1.48. The molecule has 1 heterocycles. The van der Waals surface area contributed by atoms with Crippen molar-refractivity contribution in [1.29, 1.82) is 0 Å². The van der Waals surface area contributed by atoms with E-state index in [-0.39, 0.29) is 5.91 Å². The molecule has 0 aromatic heterocycles. The van der Waals surface area contributed by atoms with Gasteiger partial charge < -0.3 is 5.32 Å². The van der Waals surface area contributed by atoms with E-state index in [0.717, 1.165) is 17.7 Å². The number of nitrogens with one attached hydrogen (secondary N) is 1. The predicted octanol–water partition coefficient (Wildman–Crippen LogP) is 4.55. The third-order valence-corrected chi connectivity index (χ3v) is 4.86. The molecule has 1 N–H and O–H groups in total. The van der Waals surface area contributed by atoms with Gasteiger partial charge in [0.2, 0.25) is 0 Å². The van der Waals surface area contributed by atoms with Crippen molar-refractivity contribution in [1.82, 2.24) is 5.32 Å². The first-order chi connectivity index (χ1) is 13.8. The van der Waals surface area contributed by atoms with Crippen molar-refractivity contribution < 1.29 is 4.79 Å². The zero-order valence-corrected chi connectivity index (χ0v) is 15.6. The lowest BCUT2D eigenvalue weighted by Crippen LogP contribution is -2.27. The molecule has 28 heavy (non-hydrogen) atoms. The van der Waals surface area contributed by atoms with Crippen LogP contribution in [0.5, 0.6) is 0 Å². The van der Waals surface area contributed by atoms with Gasteiger partial charge in [-0.15, -0.1) is 0 Å². The van der Waals surface area contributed by atoms with E-state index in [4.69, 9.17) is 0 Å². The van der Waals surface area contributed by atoms with Gasteiger partial charge in [0.05, 0.1) is 12.3 Å². The molecule has 1 aliphatic heterocycles. The molecule has 3 aromatic carbocycles. The van der Waals surface area contributed by atoms with Crippen molar-refractivity contribution in [3.63, 3.8) is 0 Å². The van der Waals surface area contributed by atoms with Crippen LogP contribution in [-0.2, 0) is 6.42 Å². The number of hydrogen-bond donors (Lipinski definition) is 1. The first-order valence-electron chi connectivity index (χ1n) is 9.53. The van der Waals surface area contributed by atoms with Gasteiger partial charge in [-0.2, -0.15) is 0 Å². The molecule has 138 valence electrons. The maximum absolute atomic E-state index is 12.8. The molecule has 1 amide bonds. The molecule has 0 radical (unpaired) electrons. The van der Waals surface area contributed by atoms with E-state index in [2.05, 4.69) is 40.7 Å². The molecule has 0 saturated heterocycles. The van der Waals surface area contributed by atoms with Crippen LogP contribution in [0.1, 0.15) is 27.0 Å². The number of carbonyl (C=O) groups excluding carboxylic acids is 1. The number of nitrogens with zero attached hydrogens (tertiary/aromatic N) is 1. The number of allylic oxidation sites excluding steroid dienone is 1. The summed E-state index contributed by atoms with van der Waals surface area (Å²) in [6.07, 6.45) is 2.90. The zero-order chi connectivity index (χ0) is 19.2. The summed E-state index contributed by atoms with van der Waals surface area (Å²) in [5.41, 5.74) is 5.98. The van der Waals surface area contributed by atoms with E-state index in [9.17, 15) is 4.79 Å². The molecule has 3 heteroatoms. The number of carbonyl (C=O) groups is 1. The maximum atomic E-state index is 12.8. The van der Waals surface area contributed by atoms with Gasteiger partial charge in [-0.25, -0.2) is 0 Å². The van der Waals surface area contributed by atoms with Crippen molar-refractivity contribution in [2.75, 3.05) is 13.1 Å². The van der Waals surface area contributed by atoms with Crippen LogP contribution in [0, 0.1) is 0 Å². The summed E-state index contributed by atoms with van der Waals surface area (Å²) in [5, 5.41) is 3.04. The standard InChI is InChI=1S/C25H22N2O/c28-25(26-16-15-19-9-3-1-4-10-19)23-14-8-7-13-22(23)24-17-21(18-27-24)20-11-5-2-6-12-20/h1-14,17H,15-16,18H2,(H,26,28). The average molecular weight is 366 g/mol. The Morgan fingerprint density at radius 1 is 0.857 bits per heavy atom. The average Bonchev–Trinajstić information content (AvgIpc) is 3.25. The number of amides is 1. The molecular formula is C25H22N2O. The maximum Gasteiger partial charge on any atom is 0.251 e. The first kappa shape index (κ1) is 17.9. The van der Waals surface area contributed by atoms with Gasteiger partial charge >= 0.3 is 0 Å². The van der Waals surface area contributed by atoms with E-state index in [1.54, 1.807) is 0 Å². The highest BCUT2D eigenvalue weighted by Gasteiger charge is 2.17. The summed E-state index contributed by atoms with van der Waals surface area (Å²) in [6, 6.07) is 28.1. The topological polar surface area (TPSA) is 41.5 Å². The lowest BCUT2D eigenvalue weighted by molar-refractivity contribution is 0.0954. The normalized spacial score (nSPS) is 13.0. The van der Waals surface area contributed by atoms with Crippen molar-refractivity contribution >= 4 is 17.2 Å². The van der Waals surface area contributed by atoms with Crippen LogP contribution >= 0.6 is 0 Å². The second kappa shape index (κ2) is 8.49. The predicted molar refractivity (Wildman–Crippen MR) is 115 cm³/mol. The fourth-order valence-corrected chi connectivity index (χ4v) is 3.38. The number of rotatable bonds is 6. The molecule has 1 aliphatic rings. The molecule has 3 aromatic rings. The summed E-state index contributed by atoms with van der Waals surface area (Å²) in [4.78, 5) is 17.5. The Labute approximate surface area is 165 Å². The fraction of sp³-hybridized carbons (Fsp3) is 0.120. The zero-order valence-electron chi connectivity index (χ0n) is 15.6. The Morgan fingerprint density at radius 2 is 1.54 bits per heavy atom. The van der Waals surface area contributed by atoms with Gasteiger partial charge in [0.15, 0.2) is 0 Å². The third kappa shape index (κ3) is 4.09.